The van der Waals surface area contributed by atoms with E-state index in [0.29, 0.717) is 17.3 Å². The summed E-state index contributed by atoms with van der Waals surface area (Å²) >= 11 is 0. The average molecular weight is 661 g/mol. The number of carbonyl (C=O) groups excluding carboxylic acids is 2. The summed E-state index contributed by atoms with van der Waals surface area (Å²) < 4.78 is 5.77. The first-order valence-corrected chi connectivity index (χ1v) is 17.7. The van der Waals surface area contributed by atoms with E-state index >= 15 is 0 Å². The molecule has 1 saturated heterocycles. The molecule has 0 bridgehead atoms. The molecule has 256 valence electrons. The first kappa shape index (κ1) is 34.1. The molecule has 49 heavy (non-hydrogen) atoms. The molecule has 4 aromatic rings. The minimum absolute atomic E-state index is 0.0196. The van der Waals surface area contributed by atoms with Crippen molar-refractivity contribution in [3.63, 3.8) is 0 Å². The third kappa shape index (κ3) is 8.45. The predicted molar refractivity (Wildman–Crippen MR) is 195 cm³/mol. The van der Waals surface area contributed by atoms with E-state index in [9.17, 15) is 9.59 Å². The number of piperidine rings is 1. The van der Waals surface area contributed by atoms with Crippen molar-refractivity contribution in [3.05, 3.63) is 95.4 Å². The smallest absolute Gasteiger partial charge is 0.311 e. The molecule has 4 heterocycles. The summed E-state index contributed by atoms with van der Waals surface area (Å²) in [5.41, 5.74) is 5.50. The minimum atomic E-state index is -0.696. The quantitative estimate of drug-likeness (QED) is 0.125. The molecule has 0 amide bonds. The van der Waals surface area contributed by atoms with Crippen LogP contribution in [0.4, 0.5) is 17.5 Å². The lowest BCUT2D eigenvalue weighted by Gasteiger charge is -2.34. The van der Waals surface area contributed by atoms with Crippen LogP contribution in [0.1, 0.15) is 86.5 Å². The molecular weight excluding hydrogens is 612 g/mol. The predicted octanol–water partition coefficient (Wildman–Crippen LogP) is 7.49. The van der Waals surface area contributed by atoms with Gasteiger partial charge in [-0.15, -0.1) is 0 Å². The fourth-order valence-corrected chi connectivity index (χ4v) is 6.78. The van der Waals surface area contributed by atoms with Crippen LogP contribution in [0, 0.1) is 5.92 Å². The Labute approximate surface area is 289 Å². The van der Waals surface area contributed by atoms with E-state index in [1.807, 2.05) is 75.4 Å². The summed E-state index contributed by atoms with van der Waals surface area (Å²) in [6.45, 7) is 10.6. The van der Waals surface area contributed by atoms with E-state index < -0.39 is 17.5 Å². The van der Waals surface area contributed by atoms with E-state index in [1.54, 1.807) is 6.33 Å². The normalized spacial score (nSPS) is 15.6. The van der Waals surface area contributed by atoms with Crippen LogP contribution in [-0.2, 0) is 22.4 Å². The Kier molecular flexibility index (Phi) is 10.6. The topological polar surface area (TPSA) is 109 Å². The molecule has 0 aliphatic carbocycles. The number of ether oxygens (including phenoxy) is 1. The van der Waals surface area contributed by atoms with Crippen molar-refractivity contribution in [2.75, 3.05) is 41.7 Å². The van der Waals surface area contributed by atoms with E-state index in [0.717, 1.165) is 80.1 Å². The molecule has 0 saturated carbocycles. The van der Waals surface area contributed by atoms with Crippen molar-refractivity contribution in [3.8, 4) is 11.1 Å². The number of nitrogens with one attached hydrogen (secondary N) is 2. The molecule has 2 aliphatic heterocycles. The van der Waals surface area contributed by atoms with Crippen LogP contribution in [0.2, 0.25) is 0 Å². The zero-order chi connectivity index (χ0) is 34.4. The van der Waals surface area contributed by atoms with Crippen LogP contribution in [-0.4, -0.2) is 58.5 Å². The maximum Gasteiger partial charge on any atom is 0.311 e. The fraction of sp³-hybridized carbons (Fsp3) is 0.425. The molecule has 1 fully saturated rings. The Morgan fingerprint density at radius 3 is 2.43 bits per heavy atom. The second kappa shape index (κ2) is 15.2. The van der Waals surface area contributed by atoms with E-state index in [4.69, 9.17) is 14.7 Å². The SMILES string of the molecule is CCc1c(NC[C@H](CC(=O)c2ccc(-c3ccccc3)cc2)C(=O)OC(C)(C)C)ncnc1N1CCC(c2ccc3c(n2)NCCC3)CC1. The molecule has 2 aliphatic rings. The number of carbonyl (C=O) groups is 2. The first-order valence-electron chi connectivity index (χ1n) is 17.7. The number of rotatable bonds is 11. The lowest BCUT2D eigenvalue weighted by Crippen LogP contribution is -2.35. The summed E-state index contributed by atoms with van der Waals surface area (Å²) in [5, 5.41) is 6.88. The van der Waals surface area contributed by atoms with Gasteiger partial charge < -0.3 is 20.3 Å². The summed E-state index contributed by atoms with van der Waals surface area (Å²) in [4.78, 5) is 43.5. The van der Waals surface area contributed by atoms with E-state index in [-0.39, 0.29) is 18.7 Å². The van der Waals surface area contributed by atoms with Crippen LogP contribution in [0.15, 0.2) is 73.1 Å². The summed E-state index contributed by atoms with van der Waals surface area (Å²) in [7, 11) is 0. The molecule has 0 unspecified atom stereocenters. The first-order chi connectivity index (χ1) is 23.7. The third-order valence-corrected chi connectivity index (χ3v) is 9.41. The number of benzene rings is 2. The van der Waals surface area contributed by atoms with Gasteiger partial charge in [0.15, 0.2) is 5.78 Å². The monoisotopic (exact) mass is 660 g/mol. The summed E-state index contributed by atoms with van der Waals surface area (Å²) in [6, 6.07) is 22.1. The lowest BCUT2D eigenvalue weighted by atomic mass is 9.92. The number of hydrogen-bond donors (Lipinski definition) is 2. The van der Waals surface area contributed by atoms with Crippen molar-refractivity contribution >= 4 is 29.2 Å². The van der Waals surface area contributed by atoms with Crippen molar-refractivity contribution in [2.24, 2.45) is 5.92 Å². The van der Waals surface area contributed by atoms with Gasteiger partial charge in [0.1, 0.15) is 29.4 Å². The van der Waals surface area contributed by atoms with Crippen LogP contribution in [0.5, 0.6) is 0 Å². The molecule has 9 heteroatoms. The molecule has 6 rings (SSSR count). The van der Waals surface area contributed by atoms with Gasteiger partial charge in [0.05, 0.1) is 5.92 Å². The van der Waals surface area contributed by atoms with Gasteiger partial charge >= 0.3 is 5.97 Å². The third-order valence-electron chi connectivity index (χ3n) is 9.41. The van der Waals surface area contributed by atoms with Gasteiger partial charge in [-0.2, -0.15) is 0 Å². The second-order valence-electron chi connectivity index (χ2n) is 14.1. The number of fused-ring (bicyclic) bond motifs is 1. The second-order valence-corrected chi connectivity index (χ2v) is 14.1. The number of pyridine rings is 1. The summed E-state index contributed by atoms with van der Waals surface area (Å²) in [6.07, 6.45) is 6.57. The van der Waals surface area contributed by atoms with Gasteiger partial charge in [0.25, 0.3) is 0 Å². The molecule has 1 atom stereocenters. The molecular formula is C40H48N6O3. The largest absolute Gasteiger partial charge is 0.460 e. The van der Waals surface area contributed by atoms with E-state index in [2.05, 4.69) is 39.6 Å². The van der Waals surface area contributed by atoms with Gasteiger partial charge in [-0.05, 0) is 75.6 Å². The highest BCUT2D eigenvalue weighted by Gasteiger charge is 2.30. The Morgan fingerprint density at radius 1 is 0.980 bits per heavy atom. The zero-order valence-corrected chi connectivity index (χ0v) is 29.2. The molecule has 2 N–H and O–H groups in total. The Morgan fingerprint density at radius 2 is 1.71 bits per heavy atom. The standard InChI is InChI=1S/C40H48N6O3/c1-5-33-37(43-26-44-38(33)46-22-19-29(20-23-46)34-18-17-31-12-9-21-41-36(31)45-34)42-25-32(39(48)49-40(2,3)4)24-35(47)30-15-13-28(14-16-30)27-10-7-6-8-11-27/h6-8,10-11,13-18,26,29,32H,5,9,12,19-25H2,1-4H3,(H,41,45)(H,42,43,44)/t32-/m0/s1. The Bertz CT molecular complexity index is 1740. The Hall–Kier alpha value is -4.79. The number of hydrogen-bond acceptors (Lipinski definition) is 9. The van der Waals surface area contributed by atoms with Gasteiger partial charge in [-0.25, -0.2) is 15.0 Å². The van der Waals surface area contributed by atoms with Crippen molar-refractivity contribution < 1.29 is 14.3 Å². The highest BCUT2D eigenvalue weighted by molar-refractivity contribution is 5.98. The summed E-state index contributed by atoms with van der Waals surface area (Å²) in [5.74, 6) is 1.86. The maximum atomic E-state index is 13.5. The van der Waals surface area contributed by atoms with Gasteiger partial charge in [-0.3, -0.25) is 9.59 Å². The van der Waals surface area contributed by atoms with Crippen LogP contribution in [0.25, 0.3) is 11.1 Å². The number of Topliss-reactive ketones (excluding diaryl/α,β-unsaturated/α-hetero) is 1. The molecule has 2 aromatic heterocycles. The minimum Gasteiger partial charge on any atom is -0.460 e. The van der Waals surface area contributed by atoms with E-state index in [1.165, 1.54) is 11.3 Å². The average Bonchev–Trinajstić information content (AvgIpc) is 3.12. The number of anilines is 3. The van der Waals surface area contributed by atoms with Gasteiger partial charge in [-0.1, -0.05) is 67.6 Å². The number of ketones is 1. The number of nitrogens with zero attached hydrogens (tertiary/aromatic N) is 4. The Balaban J connectivity index is 1.13. The number of aromatic nitrogens is 3. The van der Waals surface area contributed by atoms with Gasteiger partial charge in [0.2, 0.25) is 0 Å². The lowest BCUT2D eigenvalue weighted by molar-refractivity contribution is -0.159. The van der Waals surface area contributed by atoms with Gasteiger partial charge in [0, 0.05) is 55.3 Å². The number of aryl methyl sites for hydroxylation is 1. The highest BCUT2D eigenvalue weighted by atomic mass is 16.6. The fourth-order valence-electron chi connectivity index (χ4n) is 6.78. The van der Waals surface area contributed by atoms with Crippen molar-refractivity contribution in [1.82, 2.24) is 15.0 Å². The molecule has 2 aromatic carbocycles. The molecule has 0 radical (unpaired) electrons. The van der Waals surface area contributed by atoms with Crippen LogP contribution >= 0.6 is 0 Å². The van der Waals surface area contributed by atoms with Crippen LogP contribution < -0.4 is 15.5 Å². The van der Waals surface area contributed by atoms with Crippen molar-refractivity contribution in [2.45, 2.75) is 77.7 Å². The molecule has 9 nitrogen and oxygen atoms in total. The molecule has 0 spiro atoms. The highest BCUT2D eigenvalue weighted by Crippen LogP contribution is 2.34. The van der Waals surface area contributed by atoms with Crippen LogP contribution in [0.3, 0.4) is 0 Å². The van der Waals surface area contributed by atoms with Crippen molar-refractivity contribution in [1.29, 1.82) is 0 Å². The number of esters is 1. The maximum absolute atomic E-state index is 13.5. The zero-order valence-electron chi connectivity index (χ0n) is 29.2.